The molecular weight excluding hydrogens is 213 g/mol. The lowest BCUT2D eigenvalue weighted by Crippen LogP contribution is -2.26. The van der Waals surface area contributed by atoms with Crippen LogP contribution in [0.2, 0.25) is 0 Å². The summed E-state index contributed by atoms with van der Waals surface area (Å²) in [7, 11) is 0. The first-order valence-electron chi connectivity index (χ1n) is 6.67. The predicted octanol–water partition coefficient (Wildman–Crippen LogP) is 3.57. The maximum atomic E-state index is 13.3. The summed E-state index contributed by atoms with van der Waals surface area (Å²) in [4.78, 5) is 0. The topological polar surface area (TPSA) is 26.0 Å². The Hall–Kier alpha value is -0.890. The lowest BCUT2D eigenvalue weighted by atomic mass is 9.80. The number of rotatable bonds is 2. The lowest BCUT2D eigenvalue weighted by Gasteiger charge is -2.29. The molecule has 0 aliphatic heterocycles. The largest absolute Gasteiger partial charge is 0.324 e. The molecule has 3 rings (SSSR count). The number of nitrogens with two attached hydrogens (primary N) is 1. The van der Waals surface area contributed by atoms with E-state index in [2.05, 4.69) is 0 Å². The normalized spacial score (nSPS) is 33.0. The third-order valence-corrected chi connectivity index (χ3v) is 4.85. The molecule has 0 amide bonds. The molecule has 0 radical (unpaired) electrons. The fraction of sp³-hybridized carbons (Fsp3) is 0.600. The Morgan fingerprint density at radius 3 is 2.76 bits per heavy atom. The second kappa shape index (κ2) is 4.09. The number of hydrogen-bond acceptors (Lipinski definition) is 1. The van der Waals surface area contributed by atoms with Crippen molar-refractivity contribution in [3.8, 4) is 0 Å². The van der Waals surface area contributed by atoms with Crippen molar-refractivity contribution in [3.05, 3.63) is 35.1 Å². The first-order valence-corrected chi connectivity index (χ1v) is 6.67. The van der Waals surface area contributed by atoms with Crippen LogP contribution in [0.25, 0.3) is 0 Å². The third-order valence-electron chi connectivity index (χ3n) is 4.85. The molecular formula is C15H20FN. The number of halogens is 1. The molecule has 1 aromatic rings. The van der Waals surface area contributed by atoms with Crippen LogP contribution in [0.4, 0.5) is 4.39 Å². The van der Waals surface area contributed by atoms with Gasteiger partial charge in [-0.3, -0.25) is 0 Å². The molecule has 0 spiro atoms. The highest BCUT2D eigenvalue weighted by Gasteiger charge is 2.42. The molecule has 0 saturated heterocycles. The molecule has 17 heavy (non-hydrogen) atoms. The Morgan fingerprint density at radius 1 is 1.29 bits per heavy atom. The van der Waals surface area contributed by atoms with Crippen molar-refractivity contribution < 1.29 is 4.39 Å². The van der Waals surface area contributed by atoms with Crippen molar-refractivity contribution in [2.75, 3.05) is 0 Å². The highest BCUT2D eigenvalue weighted by molar-refractivity contribution is 5.30. The Kier molecular flexibility index (Phi) is 2.70. The van der Waals surface area contributed by atoms with Crippen molar-refractivity contribution in [2.45, 2.75) is 38.6 Å². The first-order chi connectivity index (χ1) is 8.15. The molecule has 2 heteroatoms. The quantitative estimate of drug-likeness (QED) is 0.830. The Labute approximate surface area is 102 Å². The summed E-state index contributed by atoms with van der Waals surface area (Å²) in [5.74, 6) is 2.10. The SMILES string of the molecule is Cc1ccc(F)cc1C(N)C1CC2CCC1C2. The first kappa shape index (κ1) is 11.2. The van der Waals surface area contributed by atoms with Crippen LogP contribution < -0.4 is 5.73 Å². The van der Waals surface area contributed by atoms with Gasteiger partial charge in [-0.2, -0.15) is 0 Å². The minimum absolute atomic E-state index is 0.0287. The third kappa shape index (κ3) is 1.89. The monoisotopic (exact) mass is 233 g/mol. The van der Waals surface area contributed by atoms with Gasteiger partial charge in [-0.1, -0.05) is 12.5 Å². The second-order valence-corrected chi connectivity index (χ2v) is 5.87. The van der Waals surface area contributed by atoms with E-state index in [-0.39, 0.29) is 11.9 Å². The average molecular weight is 233 g/mol. The maximum absolute atomic E-state index is 13.3. The summed E-state index contributed by atoms with van der Waals surface area (Å²) in [5.41, 5.74) is 8.53. The molecule has 2 saturated carbocycles. The summed E-state index contributed by atoms with van der Waals surface area (Å²) in [6, 6.07) is 5.02. The molecule has 0 aromatic heterocycles. The zero-order valence-corrected chi connectivity index (χ0v) is 10.3. The van der Waals surface area contributed by atoms with Crippen LogP contribution in [0.15, 0.2) is 18.2 Å². The second-order valence-electron chi connectivity index (χ2n) is 5.87. The van der Waals surface area contributed by atoms with E-state index in [0.717, 1.165) is 23.0 Å². The van der Waals surface area contributed by atoms with Crippen LogP contribution in [-0.2, 0) is 0 Å². The molecule has 2 aliphatic rings. The van der Waals surface area contributed by atoms with Crippen LogP contribution in [0, 0.1) is 30.5 Å². The summed E-state index contributed by atoms with van der Waals surface area (Å²) >= 11 is 0. The van der Waals surface area contributed by atoms with Crippen LogP contribution in [0.3, 0.4) is 0 Å². The van der Waals surface area contributed by atoms with Crippen molar-refractivity contribution in [1.82, 2.24) is 0 Å². The van der Waals surface area contributed by atoms with Gasteiger partial charge in [0.1, 0.15) is 5.82 Å². The number of hydrogen-bond donors (Lipinski definition) is 1. The molecule has 2 fully saturated rings. The van der Waals surface area contributed by atoms with Gasteiger partial charge in [0.05, 0.1) is 0 Å². The fourth-order valence-electron chi connectivity index (χ4n) is 3.93. The van der Waals surface area contributed by atoms with Crippen molar-refractivity contribution in [1.29, 1.82) is 0 Å². The van der Waals surface area contributed by atoms with E-state index in [9.17, 15) is 4.39 Å². The van der Waals surface area contributed by atoms with Gasteiger partial charge in [0.25, 0.3) is 0 Å². The molecule has 0 heterocycles. The smallest absolute Gasteiger partial charge is 0.123 e. The van der Waals surface area contributed by atoms with E-state index in [0.29, 0.717) is 5.92 Å². The van der Waals surface area contributed by atoms with Gasteiger partial charge in [0.15, 0.2) is 0 Å². The van der Waals surface area contributed by atoms with E-state index in [1.807, 2.05) is 13.0 Å². The molecule has 1 nitrogen and oxygen atoms in total. The van der Waals surface area contributed by atoms with Crippen LogP contribution >= 0.6 is 0 Å². The minimum atomic E-state index is -0.163. The van der Waals surface area contributed by atoms with E-state index in [1.165, 1.54) is 31.7 Å². The van der Waals surface area contributed by atoms with Gasteiger partial charge in [-0.25, -0.2) is 4.39 Å². The van der Waals surface area contributed by atoms with Gasteiger partial charge in [-0.05, 0) is 67.2 Å². The van der Waals surface area contributed by atoms with Crippen LogP contribution in [0.1, 0.15) is 42.9 Å². The molecule has 4 unspecified atom stereocenters. The molecule has 4 atom stereocenters. The van der Waals surface area contributed by atoms with Gasteiger partial charge >= 0.3 is 0 Å². The summed E-state index contributed by atoms with van der Waals surface area (Å²) < 4.78 is 13.3. The van der Waals surface area contributed by atoms with Gasteiger partial charge in [0.2, 0.25) is 0 Å². The molecule has 2 N–H and O–H groups in total. The van der Waals surface area contributed by atoms with Crippen molar-refractivity contribution in [3.63, 3.8) is 0 Å². The molecule has 92 valence electrons. The van der Waals surface area contributed by atoms with E-state index in [4.69, 9.17) is 5.73 Å². The number of fused-ring (bicyclic) bond motifs is 2. The predicted molar refractivity (Wildman–Crippen MR) is 67.0 cm³/mol. The minimum Gasteiger partial charge on any atom is -0.324 e. The standard InChI is InChI=1S/C15H20FN/c1-9-2-5-12(16)8-13(9)15(17)14-7-10-3-4-11(14)6-10/h2,5,8,10-11,14-15H,3-4,6-7,17H2,1H3. The lowest BCUT2D eigenvalue weighted by molar-refractivity contribution is 0.283. The van der Waals surface area contributed by atoms with Crippen LogP contribution in [-0.4, -0.2) is 0 Å². The van der Waals surface area contributed by atoms with E-state index >= 15 is 0 Å². The highest BCUT2D eigenvalue weighted by atomic mass is 19.1. The van der Waals surface area contributed by atoms with Gasteiger partial charge in [0, 0.05) is 6.04 Å². The summed E-state index contributed by atoms with van der Waals surface area (Å²) in [6.45, 7) is 2.03. The van der Waals surface area contributed by atoms with Crippen LogP contribution in [0.5, 0.6) is 0 Å². The zero-order chi connectivity index (χ0) is 12.0. The highest BCUT2D eigenvalue weighted by Crippen LogP contribution is 2.52. The Morgan fingerprint density at radius 2 is 2.12 bits per heavy atom. The Balaban J connectivity index is 1.86. The van der Waals surface area contributed by atoms with E-state index in [1.54, 1.807) is 6.07 Å². The van der Waals surface area contributed by atoms with Crippen molar-refractivity contribution in [2.24, 2.45) is 23.5 Å². The van der Waals surface area contributed by atoms with Gasteiger partial charge in [-0.15, -0.1) is 0 Å². The zero-order valence-electron chi connectivity index (χ0n) is 10.3. The molecule has 2 bridgehead atoms. The van der Waals surface area contributed by atoms with E-state index < -0.39 is 0 Å². The van der Waals surface area contributed by atoms with Crippen molar-refractivity contribution >= 4 is 0 Å². The van der Waals surface area contributed by atoms with Gasteiger partial charge < -0.3 is 5.73 Å². The number of aryl methyl sites for hydroxylation is 1. The summed E-state index contributed by atoms with van der Waals surface area (Å²) in [6.07, 6.45) is 5.32. The fourth-order valence-corrected chi connectivity index (χ4v) is 3.93. The molecule has 1 aromatic carbocycles. The Bertz CT molecular complexity index is 429. The number of benzene rings is 1. The summed E-state index contributed by atoms with van der Waals surface area (Å²) in [5, 5.41) is 0. The maximum Gasteiger partial charge on any atom is 0.123 e. The molecule has 2 aliphatic carbocycles. The average Bonchev–Trinajstić information content (AvgIpc) is 2.93.